The summed E-state index contributed by atoms with van der Waals surface area (Å²) in [5.74, 6) is 1.35. The van der Waals surface area contributed by atoms with E-state index >= 15 is 0 Å². The van der Waals surface area contributed by atoms with Crippen LogP contribution >= 0.6 is 0 Å². The number of benzene rings is 16. The van der Waals surface area contributed by atoms with Crippen molar-refractivity contribution < 1.29 is 35.1 Å². The molecule has 121 heavy (non-hydrogen) atoms. The lowest BCUT2D eigenvalue weighted by atomic mass is 9.78. The molecule has 0 aliphatic carbocycles. The highest BCUT2D eigenvalue weighted by Crippen LogP contribution is 2.42. The van der Waals surface area contributed by atoms with Gasteiger partial charge in [-0.25, -0.2) is 19.9 Å². The van der Waals surface area contributed by atoms with Crippen molar-refractivity contribution in [3.05, 3.63) is 364 Å². The van der Waals surface area contributed by atoms with Gasteiger partial charge in [0.25, 0.3) is 0 Å². The zero-order chi connectivity index (χ0) is 82.0. The van der Waals surface area contributed by atoms with Crippen LogP contribution in [0.3, 0.4) is 0 Å². The maximum Gasteiger partial charge on any atom is 0.534 e. The Labute approximate surface area is 693 Å². The number of para-hydroxylation sites is 12. The number of aromatic nitrogens is 8. The summed E-state index contributed by atoms with van der Waals surface area (Å²) in [6.07, 6.45) is 0. The number of imidazole rings is 4. The van der Waals surface area contributed by atoms with Crippen LogP contribution < -0.4 is 9.65 Å². The topological polar surface area (TPSA) is 132 Å². The minimum atomic E-state index is -5.73. The third-order valence-electron chi connectivity index (χ3n) is 23.6. The van der Waals surface area contributed by atoms with Gasteiger partial charge in [-0.1, -0.05) is 243 Å². The summed E-state index contributed by atoms with van der Waals surface area (Å²) in [6, 6.07) is 124. The number of alkyl halides is 3. The first-order valence-corrected chi connectivity index (χ1v) is 41.4. The molecule has 0 radical (unpaired) electrons. The van der Waals surface area contributed by atoms with E-state index in [1.54, 1.807) is 6.07 Å². The Kier molecular flexibility index (Phi) is 17.7. The molecule has 7 heterocycles. The maximum absolute atomic E-state index is 12.7. The molecule has 0 spiro atoms. The Hall–Kier alpha value is -14.6. The maximum atomic E-state index is 12.7. The summed E-state index contributed by atoms with van der Waals surface area (Å²) in [4.78, 5) is 20.1. The molecule has 0 saturated carbocycles. The number of pyridine rings is 2. The van der Waals surface area contributed by atoms with Crippen molar-refractivity contribution in [2.45, 2.75) is 44.4 Å². The largest absolute Gasteiger partial charge is 0.534 e. The average Bonchev–Trinajstić information content (AvgIpc) is 1.51. The number of hydrogen-bond acceptors (Lipinski definition) is 9. The fourth-order valence-corrected chi connectivity index (χ4v) is 17.4. The van der Waals surface area contributed by atoms with Gasteiger partial charge in [0, 0.05) is 44.0 Å². The lowest BCUT2D eigenvalue weighted by Gasteiger charge is -2.32. The van der Waals surface area contributed by atoms with Crippen molar-refractivity contribution in [1.82, 2.24) is 37.9 Å². The van der Waals surface area contributed by atoms with Gasteiger partial charge in [0.15, 0.2) is 0 Å². The molecule has 1 aliphatic heterocycles. The summed E-state index contributed by atoms with van der Waals surface area (Å²) >= 11 is 0. The van der Waals surface area contributed by atoms with Crippen LogP contribution in [0.4, 0.5) is 13.2 Å². The van der Waals surface area contributed by atoms with Crippen molar-refractivity contribution >= 4 is 143 Å². The molecule has 18 heteroatoms. The molecular weight excluding hydrogens is 1530 g/mol. The van der Waals surface area contributed by atoms with Crippen molar-refractivity contribution in [3.63, 3.8) is 0 Å². The summed E-state index contributed by atoms with van der Waals surface area (Å²) in [6.45, 7) is 8.34. The zero-order valence-electron chi connectivity index (χ0n) is 65.9. The minimum absolute atomic E-state index is 0.368. The van der Waals surface area contributed by atoms with Crippen molar-refractivity contribution in [3.8, 4) is 73.3 Å². The Balaban J connectivity index is 0.000000117. The molecule has 0 unspecified atom stereocenters. The van der Waals surface area contributed by atoms with Crippen LogP contribution in [-0.4, -0.2) is 70.1 Å². The fourth-order valence-electron chi connectivity index (χ4n) is 16.9. The molecule has 0 bridgehead atoms. The third-order valence-corrected chi connectivity index (χ3v) is 24.6. The second kappa shape index (κ2) is 28.9. The Morgan fingerprint density at radius 2 is 0.653 bits per heavy atom. The summed E-state index contributed by atoms with van der Waals surface area (Å²) in [7, 11) is -6.13. The Morgan fingerprint density at radius 3 is 1.11 bits per heavy atom. The molecule has 23 rings (SSSR count). The van der Waals surface area contributed by atoms with Gasteiger partial charge in [0.1, 0.15) is 28.7 Å². The third kappa shape index (κ3) is 13.0. The highest BCUT2D eigenvalue weighted by atomic mass is 32.2. The Bertz CT molecular complexity index is 8010. The highest BCUT2D eigenvalue weighted by molar-refractivity contribution is 7.88. The van der Waals surface area contributed by atoms with Crippen molar-refractivity contribution in [2.75, 3.05) is 0 Å². The summed E-state index contributed by atoms with van der Waals surface area (Å²) in [5.41, 5.74) is 18.0. The first-order valence-electron chi connectivity index (χ1n) is 40.0. The summed E-state index contributed by atoms with van der Waals surface area (Å²) < 4.78 is 86.4. The number of nitrogens with zero attached hydrogens (tertiary/aromatic N) is 8. The van der Waals surface area contributed by atoms with E-state index in [0.717, 1.165) is 128 Å². The lowest BCUT2D eigenvalue weighted by molar-refractivity contribution is -0.0500. The molecule has 6 aromatic heterocycles. The fraction of sp³-hybridized carbons (Fsp3) is 0.0680. The van der Waals surface area contributed by atoms with Gasteiger partial charge in [-0.15, -0.1) is 0 Å². The van der Waals surface area contributed by atoms with Crippen molar-refractivity contribution in [2.24, 2.45) is 0 Å². The Morgan fingerprint density at radius 1 is 0.314 bits per heavy atom. The standard InChI is InChI=1S/C48H30N4.C30H19F3N2O3S.C25H23BN2O2/c1-2-10-38(11-3-1)51-45-16-8-5-13-42(45)49-47(51)32-20-18-31(19-21-32)33-22-23-35-29-36(25-24-34(35)28-33)37-26-27-39-40-12-4-7-15-44(40)52-46-17-9-6-14-43(46)50-48(52)41(39)30-37;31-30(32,33)39(36,37)38-26-17-16-23-18-22(14-15-24(23)19-26)20-10-12-21(13-11-20)29-34-27-8-4-5-9-28(27)35(29)25-6-2-1-3-7-25;1-24(2)25(3,4)30-26(29-24)16-13-14-17-18-9-5-7-11-21(18)28-22-12-8-6-10-20(22)27-23(28)19(17)15-16/h1-30H;1-19H;5-15H,1-4H3. The molecular formula is C103H72BF3N8O5S. The van der Waals surface area contributed by atoms with Gasteiger partial charge in [-0.2, -0.15) is 21.6 Å². The lowest BCUT2D eigenvalue weighted by Crippen LogP contribution is -2.41. The SMILES string of the molecule is CC1(C)OB(c2ccc3c4ccccc4n4c5ccccc5nc4c3c2)OC1(C)C.O=S(=O)(Oc1ccc2cc(-c3ccc(-c4nc5ccccc5n4-c4ccccc4)cc3)ccc2c1)C(F)(F)F.c1ccc(-n2c(-c3ccc(-c4ccc5cc(-c6ccc7c8ccccc8n8c9ccccc9nc8c7c6)ccc5c4)cc3)nc3ccccc32)cc1. The van der Waals surface area contributed by atoms with Gasteiger partial charge < -0.3 is 13.5 Å². The molecule has 16 aromatic carbocycles. The predicted octanol–water partition coefficient (Wildman–Crippen LogP) is 25.1. The summed E-state index contributed by atoms with van der Waals surface area (Å²) in [5, 5.41) is 10.8. The van der Waals surface area contributed by atoms with E-state index in [1.807, 2.05) is 109 Å². The first-order chi connectivity index (χ1) is 58.8. The van der Waals surface area contributed by atoms with Crippen LogP contribution in [-0.2, 0) is 19.4 Å². The van der Waals surface area contributed by atoms with Crippen LogP contribution in [0.15, 0.2) is 364 Å². The van der Waals surface area contributed by atoms with E-state index < -0.39 is 28.5 Å². The van der Waals surface area contributed by atoms with E-state index in [-0.39, 0.29) is 11.2 Å². The minimum Gasteiger partial charge on any atom is -0.399 e. The average molecular weight is 1600 g/mol. The van der Waals surface area contributed by atoms with Crippen LogP contribution in [0, 0.1) is 0 Å². The van der Waals surface area contributed by atoms with E-state index in [2.05, 4.69) is 280 Å². The number of fused-ring (bicyclic) bond motifs is 20. The molecule has 0 atom stereocenters. The molecule has 1 saturated heterocycles. The van der Waals surface area contributed by atoms with Gasteiger partial charge >= 0.3 is 22.7 Å². The monoisotopic (exact) mass is 1600 g/mol. The van der Waals surface area contributed by atoms with E-state index in [0.29, 0.717) is 5.39 Å². The van der Waals surface area contributed by atoms with Crippen LogP contribution in [0.5, 0.6) is 5.75 Å². The highest BCUT2D eigenvalue weighted by Gasteiger charge is 2.52. The second-order valence-electron chi connectivity index (χ2n) is 31.5. The molecule has 1 fully saturated rings. The number of halogens is 3. The van der Waals surface area contributed by atoms with Gasteiger partial charge in [0.2, 0.25) is 0 Å². The second-order valence-corrected chi connectivity index (χ2v) is 33.1. The van der Waals surface area contributed by atoms with Crippen LogP contribution in [0.2, 0.25) is 0 Å². The van der Waals surface area contributed by atoms with Crippen LogP contribution in [0.25, 0.3) is 188 Å². The molecule has 584 valence electrons. The molecule has 13 nitrogen and oxygen atoms in total. The van der Waals surface area contributed by atoms with E-state index in [4.69, 9.17) is 29.2 Å². The normalized spacial score (nSPS) is 13.5. The first kappa shape index (κ1) is 74.0. The van der Waals surface area contributed by atoms with E-state index in [1.165, 1.54) is 78.3 Å². The smallest absolute Gasteiger partial charge is 0.399 e. The van der Waals surface area contributed by atoms with Crippen LogP contribution in [0.1, 0.15) is 27.7 Å². The predicted molar refractivity (Wildman–Crippen MR) is 485 cm³/mol. The quantitative estimate of drug-likeness (QED) is 0.0568. The van der Waals surface area contributed by atoms with Crippen molar-refractivity contribution in [1.29, 1.82) is 0 Å². The molecule has 22 aromatic rings. The zero-order valence-corrected chi connectivity index (χ0v) is 66.7. The van der Waals surface area contributed by atoms with Gasteiger partial charge in [-0.3, -0.25) is 17.9 Å². The molecule has 1 aliphatic rings. The number of hydrogen-bond donors (Lipinski definition) is 0. The number of rotatable bonds is 10. The molecule has 0 N–H and O–H groups in total. The van der Waals surface area contributed by atoms with Gasteiger partial charge in [-0.05, 0) is 220 Å². The molecule has 0 amide bonds. The van der Waals surface area contributed by atoms with E-state index in [9.17, 15) is 21.6 Å². The van der Waals surface area contributed by atoms with Gasteiger partial charge in [0.05, 0.1) is 66.4 Å².